The van der Waals surface area contributed by atoms with Gasteiger partial charge in [-0.25, -0.2) is 4.39 Å². The van der Waals surface area contributed by atoms with Crippen molar-refractivity contribution < 1.29 is 19.1 Å². The van der Waals surface area contributed by atoms with Crippen molar-refractivity contribution in [2.45, 2.75) is 31.7 Å². The molecule has 1 N–H and O–H groups in total. The average Bonchev–Trinajstić information content (AvgIpc) is 3.19. The van der Waals surface area contributed by atoms with E-state index in [0.29, 0.717) is 5.56 Å². The van der Waals surface area contributed by atoms with Crippen molar-refractivity contribution in [3.05, 3.63) is 35.6 Å². The molecule has 1 atom stereocenters. The van der Waals surface area contributed by atoms with Crippen molar-refractivity contribution >= 4 is 11.9 Å². The van der Waals surface area contributed by atoms with Gasteiger partial charge in [0.05, 0.1) is 5.92 Å². The molecule has 1 saturated carbocycles. The number of carbonyl (C=O) groups excluding carboxylic acids is 1. The third kappa shape index (κ3) is 3.10. The summed E-state index contributed by atoms with van der Waals surface area (Å²) in [4.78, 5) is 24.5. The van der Waals surface area contributed by atoms with Crippen LogP contribution in [0.5, 0.6) is 0 Å². The van der Waals surface area contributed by atoms with Crippen LogP contribution >= 0.6 is 0 Å². The predicted octanol–water partition coefficient (Wildman–Crippen LogP) is 2.00. The number of carbonyl (C=O) groups is 2. The van der Waals surface area contributed by atoms with Gasteiger partial charge in [-0.1, -0.05) is 18.2 Å². The fraction of sp³-hybridized carbons (Fsp3) is 0.429. The van der Waals surface area contributed by atoms with Gasteiger partial charge in [0, 0.05) is 6.04 Å². The van der Waals surface area contributed by atoms with E-state index < -0.39 is 17.7 Å². The molecule has 0 heterocycles. The smallest absolute Gasteiger partial charge is 0.323 e. The number of carboxylic acids is 1. The maximum atomic E-state index is 13.7. The Hall–Kier alpha value is -1.91. The highest BCUT2D eigenvalue weighted by Crippen LogP contribution is 2.30. The zero-order chi connectivity index (χ0) is 14.0. The predicted molar refractivity (Wildman–Crippen MR) is 67.2 cm³/mol. The minimum atomic E-state index is -1.04. The molecule has 0 saturated heterocycles. The Morgan fingerprint density at radius 3 is 2.58 bits per heavy atom. The Morgan fingerprint density at radius 2 is 2.05 bits per heavy atom. The third-order valence-corrected chi connectivity index (χ3v) is 3.32. The van der Waals surface area contributed by atoms with E-state index in [2.05, 4.69) is 0 Å². The molecule has 1 amide bonds. The van der Waals surface area contributed by atoms with Crippen molar-refractivity contribution in [3.8, 4) is 0 Å². The van der Waals surface area contributed by atoms with Crippen LogP contribution in [0.25, 0.3) is 0 Å². The quantitative estimate of drug-likeness (QED) is 0.886. The number of rotatable bonds is 5. The molecular weight excluding hydrogens is 249 g/mol. The van der Waals surface area contributed by atoms with Gasteiger partial charge in [0.25, 0.3) is 0 Å². The molecule has 5 heteroatoms. The van der Waals surface area contributed by atoms with Gasteiger partial charge in [0.2, 0.25) is 5.91 Å². The first-order valence-electron chi connectivity index (χ1n) is 6.27. The number of carboxylic acid groups (broad SMARTS) is 1. The lowest BCUT2D eigenvalue weighted by Gasteiger charge is -2.24. The van der Waals surface area contributed by atoms with Crippen molar-refractivity contribution in [1.29, 1.82) is 0 Å². The largest absolute Gasteiger partial charge is 0.480 e. The van der Waals surface area contributed by atoms with Crippen molar-refractivity contribution in [3.63, 3.8) is 0 Å². The first-order valence-corrected chi connectivity index (χ1v) is 6.27. The van der Waals surface area contributed by atoms with E-state index in [4.69, 9.17) is 5.11 Å². The number of aliphatic carboxylic acids is 1. The van der Waals surface area contributed by atoms with Crippen LogP contribution in [-0.4, -0.2) is 34.5 Å². The monoisotopic (exact) mass is 265 g/mol. The molecular formula is C14H16FNO3. The minimum Gasteiger partial charge on any atom is -0.480 e. The standard InChI is InChI=1S/C14H16FNO3/c1-9(11-4-2-3-5-12(11)15)14(19)16(8-13(17)18)10-6-7-10/h2-5,9-10H,6-8H2,1H3,(H,17,18)/t9-/m1/s1. The zero-order valence-electron chi connectivity index (χ0n) is 10.7. The van der Waals surface area contributed by atoms with Gasteiger partial charge in [-0.15, -0.1) is 0 Å². The molecule has 0 aliphatic heterocycles. The Balaban J connectivity index is 2.17. The van der Waals surface area contributed by atoms with E-state index in [1.54, 1.807) is 25.1 Å². The van der Waals surface area contributed by atoms with Gasteiger partial charge in [0.1, 0.15) is 12.4 Å². The van der Waals surface area contributed by atoms with E-state index in [0.717, 1.165) is 12.8 Å². The average molecular weight is 265 g/mol. The Kier molecular flexibility index (Phi) is 3.83. The Bertz CT molecular complexity index is 499. The maximum Gasteiger partial charge on any atom is 0.323 e. The number of halogens is 1. The lowest BCUT2D eigenvalue weighted by atomic mass is 9.99. The van der Waals surface area contributed by atoms with Crippen LogP contribution in [0.15, 0.2) is 24.3 Å². The van der Waals surface area contributed by atoms with E-state index in [9.17, 15) is 14.0 Å². The maximum absolute atomic E-state index is 13.7. The Morgan fingerprint density at radius 1 is 1.42 bits per heavy atom. The van der Waals surface area contributed by atoms with Gasteiger partial charge in [-0.3, -0.25) is 9.59 Å². The van der Waals surface area contributed by atoms with E-state index in [1.807, 2.05) is 0 Å². The lowest BCUT2D eigenvalue weighted by Crippen LogP contribution is -2.40. The van der Waals surface area contributed by atoms with Gasteiger partial charge in [-0.2, -0.15) is 0 Å². The van der Waals surface area contributed by atoms with Crippen LogP contribution < -0.4 is 0 Å². The molecule has 4 nitrogen and oxygen atoms in total. The van der Waals surface area contributed by atoms with Crippen LogP contribution in [0.2, 0.25) is 0 Å². The van der Waals surface area contributed by atoms with Crippen molar-refractivity contribution in [2.24, 2.45) is 0 Å². The van der Waals surface area contributed by atoms with Gasteiger partial charge >= 0.3 is 5.97 Å². The molecule has 0 aromatic heterocycles. The van der Waals surface area contributed by atoms with Crippen molar-refractivity contribution in [1.82, 2.24) is 4.90 Å². The van der Waals surface area contributed by atoms with Gasteiger partial charge < -0.3 is 10.0 Å². The summed E-state index contributed by atoms with van der Waals surface area (Å²) in [5.74, 6) is -2.47. The zero-order valence-corrected chi connectivity index (χ0v) is 10.7. The fourth-order valence-corrected chi connectivity index (χ4v) is 2.13. The molecule has 0 unspecified atom stereocenters. The third-order valence-electron chi connectivity index (χ3n) is 3.32. The summed E-state index contributed by atoms with van der Waals surface area (Å²) in [6, 6.07) is 6.09. The number of benzene rings is 1. The highest BCUT2D eigenvalue weighted by atomic mass is 19.1. The van der Waals surface area contributed by atoms with Crippen LogP contribution in [0.1, 0.15) is 31.2 Å². The molecule has 0 radical (unpaired) electrons. The summed E-state index contributed by atoms with van der Waals surface area (Å²) >= 11 is 0. The van der Waals surface area contributed by atoms with Gasteiger partial charge in [0.15, 0.2) is 0 Å². The second-order valence-electron chi connectivity index (χ2n) is 4.83. The molecule has 1 fully saturated rings. The SMILES string of the molecule is C[C@@H](C(=O)N(CC(=O)O)C1CC1)c1ccccc1F. The molecule has 1 aromatic rings. The number of hydrogen-bond donors (Lipinski definition) is 1. The number of hydrogen-bond acceptors (Lipinski definition) is 2. The second-order valence-corrected chi connectivity index (χ2v) is 4.83. The molecule has 1 aliphatic carbocycles. The fourth-order valence-electron chi connectivity index (χ4n) is 2.13. The summed E-state index contributed by atoms with van der Waals surface area (Å²) < 4.78 is 13.7. The first kappa shape index (κ1) is 13.5. The van der Waals surface area contributed by atoms with Crippen LogP contribution in [0.3, 0.4) is 0 Å². The van der Waals surface area contributed by atoms with Crippen molar-refractivity contribution in [2.75, 3.05) is 6.54 Å². The van der Waals surface area contributed by atoms with Crippen LogP contribution in [0, 0.1) is 5.82 Å². The lowest BCUT2D eigenvalue weighted by molar-refractivity contribution is -0.145. The highest BCUT2D eigenvalue weighted by molar-refractivity contribution is 5.87. The topological polar surface area (TPSA) is 57.6 Å². The molecule has 2 rings (SSSR count). The van der Waals surface area contributed by atoms with E-state index >= 15 is 0 Å². The molecule has 102 valence electrons. The minimum absolute atomic E-state index is 0.00202. The number of amides is 1. The molecule has 1 aliphatic rings. The molecule has 19 heavy (non-hydrogen) atoms. The van der Waals surface area contributed by atoms with E-state index in [-0.39, 0.29) is 18.5 Å². The van der Waals surface area contributed by atoms with Crippen LogP contribution in [-0.2, 0) is 9.59 Å². The summed E-state index contributed by atoms with van der Waals surface area (Å²) in [6.07, 6.45) is 1.64. The van der Waals surface area contributed by atoms with Gasteiger partial charge in [-0.05, 0) is 31.4 Å². The molecule has 0 bridgehead atoms. The highest BCUT2D eigenvalue weighted by Gasteiger charge is 2.36. The second kappa shape index (κ2) is 5.38. The summed E-state index contributed by atoms with van der Waals surface area (Å²) in [6.45, 7) is 1.29. The van der Waals surface area contributed by atoms with E-state index in [1.165, 1.54) is 11.0 Å². The summed E-state index contributed by atoms with van der Waals surface area (Å²) in [5, 5.41) is 8.85. The number of nitrogens with zero attached hydrogens (tertiary/aromatic N) is 1. The first-order chi connectivity index (χ1) is 9.00. The summed E-state index contributed by atoms with van der Waals surface area (Å²) in [7, 11) is 0. The normalized spacial score (nSPS) is 15.9. The molecule has 1 aromatic carbocycles. The Labute approximate surface area is 110 Å². The van der Waals surface area contributed by atoms with Crippen LogP contribution in [0.4, 0.5) is 4.39 Å². The molecule has 0 spiro atoms. The summed E-state index contributed by atoms with van der Waals surface area (Å²) in [5.41, 5.74) is 0.309.